The smallest absolute Gasteiger partial charge is 0.256 e. The molecule has 0 bridgehead atoms. The van der Waals surface area contributed by atoms with Crippen LogP contribution < -0.4 is 5.32 Å². The summed E-state index contributed by atoms with van der Waals surface area (Å²) >= 11 is 9.16. The topological polar surface area (TPSA) is 42.0 Å². The van der Waals surface area contributed by atoms with Gasteiger partial charge in [-0.25, -0.2) is 4.98 Å². The minimum atomic E-state index is -0.178. The second kappa shape index (κ2) is 5.72. The first-order chi connectivity index (χ1) is 8.97. The lowest BCUT2D eigenvalue weighted by molar-refractivity contribution is 0.102. The Bertz CT molecular complexity index is 643. The van der Waals surface area contributed by atoms with E-state index in [9.17, 15) is 4.79 Å². The van der Waals surface area contributed by atoms with Crippen LogP contribution in [0.3, 0.4) is 0 Å². The second-order valence-corrected chi connectivity index (χ2v) is 5.50. The lowest BCUT2D eigenvalue weighted by atomic mass is 10.1. The Labute approximate surface area is 125 Å². The Balaban J connectivity index is 2.28. The van der Waals surface area contributed by atoms with E-state index in [1.165, 1.54) is 0 Å². The minimum Gasteiger partial charge on any atom is -0.320 e. The summed E-state index contributed by atoms with van der Waals surface area (Å²) in [7, 11) is 0. The number of hydrogen-bond donors (Lipinski definition) is 1. The Morgan fingerprint density at radius 3 is 2.74 bits per heavy atom. The quantitative estimate of drug-likeness (QED) is 0.826. The molecule has 1 heterocycles. The summed E-state index contributed by atoms with van der Waals surface area (Å²) in [6.45, 7) is 3.81. The molecule has 0 fully saturated rings. The predicted molar refractivity (Wildman–Crippen MR) is 80.8 cm³/mol. The predicted octanol–water partition coefficient (Wildman–Crippen LogP) is 4.37. The number of amides is 1. The minimum absolute atomic E-state index is 0.178. The van der Waals surface area contributed by atoms with Crippen molar-refractivity contribution in [3.05, 3.63) is 56.8 Å². The summed E-state index contributed by atoms with van der Waals surface area (Å²) in [6, 6.07) is 7.34. The van der Waals surface area contributed by atoms with Gasteiger partial charge in [0.2, 0.25) is 0 Å². The second-order valence-electron chi connectivity index (χ2n) is 4.26. The van der Waals surface area contributed by atoms with Gasteiger partial charge >= 0.3 is 0 Å². The van der Waals surface area contributed by atoms with Crippen LogP contribution >= 0.6 is 27.5 Å². The highest BCUT2D eigenvalue weighted by atomic mass is 79.9. The van der Waals surface area contributed by atoms with Gasteiger partial charge in [-0.2, -0.15) is 0 Å². The van der Waals surface area contributed by atoms with Crippen LogP contribution in [-0.4, -0.2) is 10.9 Å². The van der Waals surface area contributed by atoms with Crippen LogP contribution in [0, 0.1) is 13.8 Å². The van der Waals surface area contributed by atoms with E-state index in [4.69, 9.17) is 11.6 Å². The number of anilines is 1. The van der Waals surface area contributed by atoms with E-state index < -0.39 is 0 Å². The van der Waals surface area contributed by atoms with Crippen molar-refractivity contribution in [1.82, 2.24) is 4.98 Å². The molecule has 1 aromatic carbocycles. The molecule has 0 unspecified atom stereocenters. The maximum absolute atomic E-state index is 12.2. The molecule has 0 aliphatic carbocycles. The first-order valence-corrected chi connectivity index (χ1v) is 6.84. The molecule has 2 rings (SSSR count). The van der Waals surface area contributed by atoms with Crippen molar-refractivity contribution in [2.45, 2.75) is 13.8 Å². The summed E-state index contributed by atoms with van der Waals surface area (Å²) in [6.07, 6.45) is 1.55. The van der Waals surface area contributed by atoms with E-state index >= 15 is 0 Å². The Hall–Kier alpha value is -1.39. The van der Waals surface area contributed by atoms with Crippen LogP contribution in [0.4, 0.5) is 5.69 Å². The van der Waals surface area contributed by atoms with Gasteiger partial charge in [0, 0.05) is 4.47 Å². The molecule has 0 saturated carbocycles. The average molecular weight is 340 g/mol. The number of benzene rings is 1. The average Bonchev–Trinajstić information content (AvgIpc) is 2.35. The van der Waals surface area contributed by atoms with Gasteiger partial charge in [-0.1, -0.05) is 23.2 Å². The lowest BCUT2D eigenvalue weighted by Crippen LogP contribution is -2.13. The van der Waals surface area contributed by atoms with Gasteiger partial charge in [0.25, 0.3) is 5.91 Å². The molecule has 3 nitrogen and oxygen atoms in total. The van der Waals surface area contributed by atoms with Crippen molar-refractivity contribution in [2.75, 3.05) is 5.32 Å². The first-order valence-electron chi connectivity index (χ1n) is 5.67. The van der Waals surface area contributed by atoms with Crippen LogP contribution in [0.1, 0.15) is 21.5 Å². The highest BCUT2D eigenvalue weighted by molar-refractivity contribution is 9.10. The maximum Gasteiger partial charge on any atom is 0.256 e. The first kappa shape index (κ1) is 14.0. The van der Waals surface area contributed by atoms with E-state index in [2.05, 4.69) is 26.2 Å². The number of nitrogens with zero attached hydrogens (tertiary/aromatic N) is 1. The van der Waals surface area contributed by atoms with Gasteiger partial charge in [-0.05, 0) is 53.5 Å². The van der Waals surface area contributed by atoms with Crippen LogP contribution in [0.5, 0.6) is 0 Å². The fourth-order valence-corrected chi connectivity index (χ4v) is 2.29. The fraction of sp³-hybridized carbons (Fsp3) is 0.143. The number of aryl methyl sites for hydroxylation is 2. The molecule has 2 aromatic rings. The molecule has 0 saturated heterocycles. The standard InChI is InChI=1S/C14H12BrClN2O/c1-8-3-4-11(15)10(5-8)14(19)18-12-7-17-13(16)6-9(12)2/h3-7H,1-2H3,(H,18,19). The Morgan fingerprint density at radius 2 is 2.05 bits per heavy atom. The molecule has 1 aromatic heterocycles. The number of aromatic nitrogens is 1. The molecule has 0 spiro atoms. The molecule has 19 heavy (non-hydrogen) atoms. The van der Waals surface area contributed by atoms with Crippen molar-refractivity contribution in [2.24, 2.45) is 0 Å². The van der Waals surface area contributed by atoms with Crippen molar-refractivity contribution < 1.29 is 4.79 Å². The molecular formula is C14H12BrClN2O. The molecule has 5 heteroatoms. The number of rotatable bonds is 2. The zero-order valence-corrected chi connectivity index (χ0v) is 12.8. The van der Waals surface area contributed by atoms with Crippen molar-refractivity contribution >= 4 is 39.1 Å². The van der Waals surface area contributed by atoms with E-state index in [0.29, 0.717) is 16.4 Å². The van der Waals surface area contributed by atoms with Crippen molar-refractivity contribution in [3.8, 4) is 0 Å². The zero-order valence-electron chi connectivity index (χ0n) is 10.5. The monoisotopic (exact) mass is 338 g/mol. The summed E-state index contributed by atoms with van der Waals surface area (Å²) in [5.41, 5.74) is 3.15. The van der Waals surface area contributed by atoms with Gasteiger partial charge in [0.15, 0.2) is 0 Å². The van der Waals surface area contributed by atoms with Gasteiger partial charge < -0.3 is 5.32 Å². The summed E-state index contributed by atoms with van der Waals surface area (Å²) in [5.74, 6) is -0.178. The van der Waals surface area contributed by atoms with Crippen LogP contribution in [0.25, 0.3) is 0 Å². The summed E-state index contributed by atoms with van der Waals surface area (Å²) in [5, 5.41) is 3.24. The number of pyridine rings is 1. The largest absolute Gasteiger partial charge is 0.320 e. The van der Waals surface area contributed by atoms with Gasteiger partial charge in [-0.3, -0.25) is 4.79 Å². The number of carbonyl (C=O) groups excluding carboxylic acids is 1. The molecule has 1 amide bonds. The van der Waals surface area contributed by atoms with E-state index in [1.807, 2.05) is 32.0 Å². The van der Waals surface area contributed by atoms with Crippen molar-refractivity contribution in [3.63, 3.8) is 0 Å². The third-order valence-corrected chi connectivity index (χ3v) is 3.59. The van der Waals surface area contributed by atoms with Gasteiger partial charge in [0.05, 0.1) is 17.4 Å². The van der Waals surface area contributed by atoms with E-state index in [0.717, 1.165) is 15.6 Å². The number of hydrogen-bond acceptors (Lipinski definition) is 2. The zero-order chi connectivity index (χ0) is 14.0. The maximum atomic E-state index is 12.2. The van der Waals surface area contributed by atoms with E-state index in [-0.39, 0.29) is 5.91 Å². The van der Waals surface area contributed by atoms with Crippen LogP contribution in [0.2, 0.25) is 5.15 Å². The fourth-order valence-electron chi connectivity index (χ4n) is 1.66. The Morgan fingerprint density at radius 1 is 1.32 bits per heavy atom. The third-order valence-electron chi connectivity index (χ3n) is 2.69. The van der Waals surface area contributed by atoms with Crippen LogP contribution in [-0.2, 0) is 0 Å². The molecule has 0 aliphatic rings. The van der Waals surface area contributed by atoms with Crippen molar-refractivity contribution in [1.29, 1.82) is 0 Å². The highest BCUT2D eigenvalue weighted by Gasteiger charge is 2.12. The van der Waals surface area contributed by atoms with Gasteiger partial charge in [-0.15, -0.1) is 0 Å². The Kier molecular flexibility index (Phi) is 4.22. The normalized spacial score (nSPS) is 10.3. The SMILES string of the molecule is Cc1ccc(Br)c(C(=O)Nc2cnc(Cl)cc2C)c1. The molecule has 1 N–H and O–H groups in total. The highest BCUT2D eigenvalue weighted by Crippen LogP contribution is 2.21. The molecule has 0 atom stereocenters. The summed E-state index contributed by atoms with van der Waals surface area (Å²) in [4.78, 5) is 16.2. The lowest BCUT2D eigenvalue weighted by Gasteiger charge is -2.09. The molecule has 0 radical (unpaired) electrons. The molecular weight excluding hydrogens is 328 g/mol. The van der Waals surface area contributed by atoms with Gasteiger partial charge in [0.1, 0.15) is 5.15 Å². The third kappa shape index (κ3) is 3.33. The summed E-state index contributed by atoms with van der Waals surface area (Å²) < 4.78 is 0.759. The molecule has 0 aliphatic heterocycles. The number of nitrogens with one attached hydrogen (secondary N) is 1. The molecule has 98 valence electrons. The van der Waals surface area contributed by atoms with Crippen LogP contribution in [0.15, 0.2) is 34.9 Å². The number of carbonyl (C=O) groups is 1. The number of halogens is 2. The van der Waals surface area contributed by atoms with E-state index in [1.54, 1.807) is 12.3 Å².